The average molecular weight is 286 g/mol. The molecule has 0 unspecified atom stereocenters. The number of H-pyrrole nitrogens is 1. The van der Waals surface area contributed by atoms with Gasteiger partial charge in [0.2, 0.25) is 0 Å². The van der Waals surface area contributed by atoms with E-state index in [-0.39, 0.29) is 17.2 Å². The maximum atomic E-state index is 12.0. The molecule has 2 aromatic heterocycles. The highest BCUT2D eigenvalue weighted by molar-refractivity contribution is 7.18. The smallest absolute Gasteiger partial charge is 0.275 e. The second-order valence-electron chi connectivity index (χ2n) is 4.17. The second kappa shape index (κ2) is 4.86. The number of thiazole rings is 1. The molecule has 0 fully saturated rings. The zero-order valence-electron chi connectivity index (χ0n) is 10.5. The van der Waals surface area contributed by atoms with E-state index in [9.17, 15) is 9.59 Å². The third-order valence-electron chi connectivity index (χ3n) is 2.66. The molecule has 7 heteroatoms. The Kier molecular flexibility index (Phi) is 3.03. The topological polar surface area (TPSA) is 87.7 Å². The number of aromatic amines is 1. The number of nitrogens with zero attached hydrogens (tertiary/aromatic N) is 2. The van der Waals surface area contributed by atoms with E-state index in [0.717, 1.165) is 21.4 Å². The molecule has 6 nitrogen and oxygen atoms in total. The fourth-order valence-electron chi connectivity index (χ4n) is 1.78. The Balaban J connectivity index is 1.86. The predicted molar refractivity (Wildman–Crippen MR) is 77.2 cm³/mol. The van der Waals surface area contributed by atoms with E-state index >= 15 is 0 Å². The van der Waals surface area contributed by atoms with Gasteiger partial charge in [-0.2, -0.15) is 0 Å². The molecule has 0 spiro atoms. The lowest BCUT2D eigenvalue weighted by Crippen LogP contribution is -2.16. The van der Waals surface area contributed by atoms with Gasteiger partial charge in [0.1, 0.15) is 5.69 Å². The van der Waals surface area contributed by atoms with Gasteiger partial charge in [-0.05, 0) is 25.1 Å². The Morgan fingerprint density at radius 1 is 1.40 bits per heavy atom. The third-order valence-corrected chi connectivity index (χ3v) is 3.61. The Morgan fingerprint density at radius 2 is 2.25 bits per heavy atom. The number of fused-ring (bicyclic) bond motifs is 1. The number of amides is 1. The number of nitrogens with one attached hydrogen (secondary N) is 2. The monoisotopic (exact) mass is 286 g/mol. The molecule has 1 aromatic carbocycles. The number of carbonyl (C=O) groups excluding carboxylic acids is 1. The molecule has 0 aliphatic rings. The van der Waals surface area contributed by atoms with Crippen LogP contribution in [0, 0.1) is 6.92 Å². The molecule has 0 aliphatic carbocycles. The summed E-state index contributed by atoms with van der Waals surface area (Å²) in [6.07, 6.45) is 2.35. The number of hydrogen-bond acceptors (Lipinski definition) is 5. The number of benzene rings is 1. The maximum absolute atomic E-state index is 12.0. The van der Waals surface area contributed by atoms with Gasteiger partial charge in [-0.25, -0.2) is 9.97 Å². The third kappa shape index (κ3) is 2.43. The first-order valence-corrected chi connectivity index (χ1v) is 6.67. The van der Waals surface area contributed by atoms with Gasteiger partial charge < -0.3 is 10.3 Å². The maximum Gasteiger partial charge on any atom is 0.275 e. The van der Waals surface area contributed by atoms with Crippen LogP contribution in [0.25, 0.3) is 10.2 Å². The SMILES string of the molecule is Cc1nc2cc(NC(=O)c3c[nH]c(=O)cn3)ccc2s1. The summed E-state index contributed by atoms with van der Waals surface area (Å²) in [5.74, 6) is -0.382. The number of hydrogen-bond donors (Lipinski definition) is 2. The summed E-state index contributed by atoms with van der Waals surface area (Å²) in [5.41, 5.74) is 1.29. The van der Waals surface area contributed by atoms with Gasteiger partial charge in [0.05, 0.1) is 21.4 Å². The van der Waals surface area contributed by atoms with Crippen molar-refractivity contribution in [1.82, 2.24) is 15.0 Å². The summed E-state index contributed by atoms with van der Waals surface area (Å²) in [5, 5.41) is 3.70. The molecule has 100 valence electrons. The van der Waals surface area contributed by atoms with Crippen molar-refractivity contribution in [3.63, 3.8) is 0 Å². The standard InChI is InChI=1S/C13H10N4O2S/c1-7-16-9-4-8(2-3-11(9)20-7)17-13(19)10-5-15-12(18)6-14-10/h2-6H,1H3,(H,15,18)(H,17,19). The van der Waals surface area contributed by atoms with Crippen LogP contribution >= 0.6 is 11.3 Å². The Morgan fingerprint density at radius 3 is 3.00 bits per heavy atom. The summed E-state index contributed by atoms with van der Waals surface area (Å²) in [6, 6.07) is 5.53. The summed E-state index contributed by atoms with van der Waals surface area (Å²) >= 11 is 1.60. The largest absolute Gasteiger partial charge is 0.325 e. The molecule has 0 radical (unpaired) electrons. The molecular formula is C13H10N4O2S. The lowest BCUT2D eigenvalue weighted by Gasteiger charge is -2.03. The molecule has 0 bridgehead atoms. The van der Waals surface area contributed by atoms with Crippen molar-refractivity contribution < 1.29 is 4.79 Å². The van der Waals surface area contributed by atoms with Crippen LogP contribution in [0.3, 0.4) is 0 Å². The number of aromatic nitrogens is 3. The lowest BCUT2D eigenvalue weighted by atomic mass is 10.3. The van der Waals surface area contributed by atoms with Gasteiger partial charge in [-0.15, -0.1) is 11.3 Å². The lowest BCUT2D eigenvalue weighted by molar-refractivity contribution is 0.102. The normalized spacial score (nSPS) is 10.7. The summed E-state index contributed by atoms with van der Waals surface area (Å²) in [7, 11) is 0. The molecule has 20 heavy (non-hydrogen) atoms. The minimum atomic E-state index is -0.382. The van der Waals surface area contributed by atoms with Crippen LogP contribution in [-0.4, -0.2) is 20.9 Å². The van der Waals surface area contributed by atoms with Crippen LogP contribution in [0.5, 0.6) is 0 Å². The molecule has 3 aromatic rings. The molecule has 0 aliphatic heterocycles. The number of anilines is 1. The van der Waals surface area contributed by atoms with Crippen molar-refractivity contribution in [2.75, 3.05) is 5.32 Å². The Bertz CT molecular complexity index is 832. The molecule has 3 rings (SSSR count). The van der Waals surface area contributed by atoms with Crippen molar-refractivity contribution in [1.29, 1.82) is 0 Å². The van der Waals surface area contributed by atoms with E-state index in [1.165, 1.54) is 6.20 Å². The first-order valence-electron chi connectivity index (χ1n) is 5.85. The average Bonchev–Trinajstić information content (AvgIpc) is 2.78. The van der Waals surface area contributed by atoms with Gasteiger partial charge >= 0.3 is 0 Å². The van der Waals surface area contributed by atoms with Crippen molar-refractivity contribution >= 4 is 33.1 Å². The summed E-state index contributed by atoms with van der Waals surface area (Å²) in [6.45, 7) is 1.94. The first kappa shape index (κ1) is 12.5. The molecule has 0 saturated carbocycles. The van der Waals surface area contributed by atoms with Gasteiger partial charge in [-0.1, -0.05) is 0 Å². The molecule has 0 atom stereocenters. The van der Waals surface area contributed by atoms with Crippen LogP contribution in [0.1, 0.15) is 15.5 Å². The molecule has 1 amide bonds. The van der Waals surface area contributed by atoms with Gasteiger partial charge in [0.25, 0.3) is 11.5 Å². The van der Waals surface area contributed by atoms with Crippen molar-refractivity contribution in [3.8, 4) is 0 Å². The van der Waals surface area contributed by atoms with E-state index in [2.05, 4.69) is 20.3 Å². The minimum Gasteiger partial charge on any atom is -0.325 e. The quantitative estimate of drug-likeness (QED) is 0.753. The van der Waals surface area contributed by atoms with Crippen LogP contribution in [0.2, 0.25) is 0 Å². The highest BCUT2D eigenvalue weighted by atomic mass is 32.1. The zero-order valence-corrected chi connectivity index (χ0v) is 11.3. The molecule has 2 N–H and O–H groups in total. The fraction of sp³-hybridized carbons (Fsp3) is 0.0769. The van der Waals surface area contributed by atoms with Crippen molar-refractivity contribution in [3.05, 3.63) is 51.6 Å². The van der Waals surface area contributed by atoms with Crippen LogP contribution in [-0.2, 0) is 0 Å². The highest BCUT2D eigenvalue weighted by Gasteiger charge is 2.09. The first-order chi connectivity index (χ1) is 9.61. The van der Waals surface area contributed by atoms with E-state index in [4.69, 9.17) is 0 Å². The zero-order chi connectivity index (χ0) is 14.1. The van der Waals surface area contributed by atoms with E-state index in [1.807, 2.05) is 25.1 Å². The Hall–Kier alpha value is -2.54. The van der Waals surface area contributed by atoms with Crippen molar-refractivity contribution in [2.24, 2.45) is 0 Å². The van der Waals surface area contributed by atoms with Crippen LogP contribution < -0.4 is 10.9 Å². The van der Waals surface area contributed by atoms with E-state index < -0.39 is 0 Å². The summed E-state index contributed by atoms with van der Waals surface area (Å²) in [4.78, 5) is 33.4. The second-order valence-corrected chi connectivity index (χ2v) is 5.40. The van der Waals surface area contributed by atoms with Gasteiger partial charge in [0.15, 0.2) is 0 Å². The Labute approximate surface area is 117 Å². The highest BCUT2D eigenvalue weighted by Crippen LogP contribution is 2.24. The minimum absolute atomic E-state index is 0.152. The molecule has 0 saturated heterocycles. The van der Waals surface area contributed by atoms with Gasteiger partial charge in [-0.3, -0.25) is 9.59 Å². The van der Waals surface area contributed by atoms with Gasteiger partial charge in [0, 0.05) is 11.9 Å². The van der Waals surface area contributed by atoms with E-state index in [1.54, 1.807) is 11.3 Å². The van der Waals surface area contributed by atoms with Crippen LogP contribution in [0.4, 0.5) is 5.69 Å². The number of aryl methyl sites for hydroxylation is 1. The van der Waals surface area contributed by atoms with E-state index in [0.29, 0.717) is 5.69 Å². The molecule has 2 heterocycles. The van der Waals surface area contributed by atoms with Crippen molar-refractivity contribution in [2.45, 2.75) is 6.92 Å². The summed E-state index contributed by atoms with van der Waals surface area (Å²) < 4.78 is 1.07. The number of rotatable bonds is 2. The number of carbonyl (C=O) groups is 1. The predicted octanol–water partition coefficient (Wildman–Crippen LogP) is 1.94. The fourth-order valence-corrected chi connectivity index (χ4v) is 2.59. The molecular weight excluding hydrogens is 276 g/mol. The van der Waals surface area contributed by atoms with Crippen LogP contribution in [0.15, 0.2) is 35.4 Å².